The van der Waals surface area contributed by atoms with Crippen LogP contribution in [-0.2, 0) is 26.2 Å². The van der Waals surface area contributed by atoms with Gasteiger partial charge in [0, 0.05) is 7.05 Å². The van der Waals surface area contributed by atoms with Crippen molar-refractivity contribution in [3.05, 3.63) is 48.4 Å². The normalized spacial score (nSPS) is 12.2. The summed E-state index contributed by atoms with van der Waals surface area (Å²) in [6.45, 7) is 1.41. The Hall–Kier alpha value is -2.85. The van der Waals surface area contributed by atoms with E-state index < -0.39 is 27.9 Å². The van der Waals surface area contributed by atoms with Crippen LogP contribution >= 0.6 is 0 Å². The minimum atomic E-state index is -3.90. The second-order valence-electron chi connectivity index (χ2n) is 6.07. The fourth-order valence-electron chi connectivity index (χ4n) is 2.38. The third kappa shape index (κ3) is 5.83. The molecule has 2 rings (SSSR count). The number of amides is 2. The lowest BCUT2D eigenvalue weighted by molar-refractivity contribution is -0.135. The highest BCUT2D eigenvalue weighted by atomic mass is 32.2. The lowest BCUT2D eigenvalue weighted by Gasteiger charge is -2.21. The fraction of sp³-hybridized carbons (Fsp3) is 0.333. The van der Waals surface area contributed by atoms with Crippen molar-refractivity contribution < 1.29 is 27.2 Å². The average molecular weight is 409 g/mol. The van der Waals surface area contributed by atoms with Gasteiger partial charge in [-0.2, -0.15) is 4.72 Å². The largest absolute Gasteiger partial charge is 0.497 e. The molecule has 0 fully saturated rings. The van der Waals surface area contributed by atoms with Gasteiger partial charge in [-0.15, -0.1) is 0 Å². The van der Waals surface area contributed by atoms with Crippen LogP contribution in [0.25, 0.3) is 0 Å². The van der Waals surface area contributed by atoms with Crippen LogP contribution in [0.3, 0.4) is 0 Å². The van der Waals surface area contributed by atoms with Crippen molar-refractivity contribution >= 4 is 21.8 Å². The number of hydrogen-bond acceptors (Lipinski definition) is 6. The molecule has 0 saturated heterocycles. The number of rotatable bonds is 9. The van der Waals surface area contributed by atoms with Gasteiger partial charge in [-0.1, -0.05) is 0 Å². The van der Waals surface area contributed by atoms with Gasteiger partial charge in [0.25, 0.3) is 0 Å². The summed E-state index contributed by atoms with van der Waals surface area (Å²) in [5.74, 6) is 0.175. The third-order valence-corrected chi connectivity index (χ3v) is 5.43. The van der Waals surface area contributed by atoms with E-state index in [1.54, 1.807) is 12.1 Å². The summed E-state index contributed by atoms with van der Waals surface area (Å²) in [5, 5.41) is 2.62. The van der Waals surface area contributed by atoms with E-state index in [0.29, 0.717) is 11.5 Å². The van der Waals surface area contributed by atoms with Crippen molar-refractivity contribution in [1.29, 1.82) is 0 Å². The third-order valence-electron chi connectivity index (χ3n) is 3.87. The Morgan fingerprint density at radius 3 is 2.46 bits per heavy atom. The zero-order valence-corrected chi connectivity index (χ0v) is 16.7. The van der Waals surface area contributed by atoms with Gasteiger partial charge in [0.05, 0.1) is 37.4 Å². The number of carbonyl (C=O) groups excluding carboxylic acids is 2. The Labute approximate surface area is 163 Å². The van der Waals surface area contributed by atoms with Crippen LogP contribution in [0.4, 0.5) is 0 Å². The van der Waals surface area contributed by atoms with Crippen molar-refractivity contribution in [2.75, 3.05) is 20.7 Å². The van der Waals surface area contributed by atoms with Crippen LogP contribution in [0, 0.1) is 0 Å². The molecule has 0 aliphatic carbocycles. The molecular weight excluding hydrogens is 386 g/mol. The van der Waals surface area contributed by atoms with Crippen LogP contribution in [0.1, 0.15) is 12.7 Å². The number of benzene rings is 1. The zero-order valence-electron chi connectivity index (χ0n) is 15.8. The topological polar surface area (TPSA) is 118 Å². The van der Waals surface area contributed by atoms with Crippen LogP contribution in [0.5, 0.6) is 5.75 Å². The van der Waals surface area contributed by atoms with Crippen molar-refractivity contribution in [1.82, 2.24) is 14.9 Å². The first-order chi connectivity index (χ1) is 13.2. The van der Waals surface area contributed by atoms with Gasteiger partial charge in [0.2, 0.25) is 21.8 Å². The van der Waals surface area contributed by atoms with Gasteiger partial charge in [-0.3, -0.25) is 9.59 Å². The number of carbonyl (C=O) groups is 2. The Bertz CT molecular complexity index is 894. The predicted molar refractivity (Wildman–Crippen MR) is 101 cm³/mol. The van der Waals surface area contributed by atoms with E-state index >= 15 is 0 Å². The molecule has 1 aromatic heterocycles. The van der Waals surface area contributed by atoms with E-state index in [9.17, 15) is 18.0 Å². The number of ether oxygens (including phenoxy) is 1. The molecule has 1 heterocycles. The number of furan rings is 1. The number of likely N-dealkylation sites (N-methyl/N-ethyl adjacent to an activating group) is 1. The summed E-state index contributed by atoms with van der Waals surface area (Å²) >= 11 is 0. The molecule has 0 radical (unpaired) electrons. The standard InChI is InChI=1S/C18H23N3O6S/c1-13(20-28(24,25)16-8-6-14(26-3)7-9-16)18(23)21(2)12-17(22)19-11-15-5-4-10-27-15/h4-10,13,20H,11-12H2,1-3H3,(H,19,22)/t13-/m0/s1. The summed E-state index contributed by atoms with van der Waals surface area (Å²) in [7, 11) is -0.998. The minimum Gasteiger partial charge on any atom is -0.497 e. The first-order valence-electron chi connectivity index (χ1n) is 8.43. The molecule has 0 spiro atoms. The van der Waals surface area contributed by atoms with Gasteiger partial charge in [0.1, 0.15) is 11.5 Å². The fourth-order valence-corrected chi connectivity index (χ4v) is 3.58. The molecule has 9 nitrogen and oxygen atoms in total. The highest BCUT2D eigenvalue weighted by molar-refractivity contribution is 7.89. The maximum Gasteiger partial charge on any atom is 0.241 e. The molecule has 152 valence electrons. The Balaban J connectivity index is 1.89. The maximum absolute atomic E-state index is 12.4. The van der Waals surface area contributed by atoms with E-state index in [1.165, 1.54) is 51.6 Å². The van der Waals surface area contributed by atoms with Gasteiger partial charge in [-0.25, -0.2) is 8.42 Å². The molecule has 1 aromatic carbocycles. The van der Waals surface area contributed by atoms with E-state index in [4.69, 9.17) is 9.15 Å². The van der Waals surface area contributed by atoms with Gasteiger partial charge >= 0.3 is 0 Å². The minimum absolute atomic E-state index is 0.00629. The molecule has 0 unspecified atom stereocenters. The highest BCUT2D eigenvalue weighted by Gasteiger charge is 2.25. The average Bonchev–Trinajstić information content (AvgIpc) is 3.19. The predicted octanol–water partition coefficient (Wildman–Crippen LogP) is 0.730. The molecule has 2 N–H and O–H groups in total. The number of methoxy groups -OCH3 is 1. The second-order valence-corrected chi connectivity index (χ2v) is 7.78. The summed E-state index contributed by atoms with van der Waals surface area (Å²) in [5.41, 5.74) is 0. The molecule has 1 atom stereocenters. The Morgan fingerprint density at radius 2 is 1.89 bits per heavy atom. The summed E-state index contributed by atoms with van der Waals surface area (Å²) in [6, 6.07) is 8.15. The Morgan fingerprint density at radius 1 is 1.21 bits per heavy atom. The van der Waals surface area contributed by atoms with E-state index in [2.05, 4.69) is 10.0 Å². The molecular formula is C18H23N3O6S. The quantitative estimate of drug-likeness (QED) is 0.630. The van der Waals surface area contributed by atoms with Crippen LogP contribution in [0.15, 0.2) is 52.0 Å². The molecule has 2 aromatic rings. The van der Waals surface area contributed by atoms with Crippen LogP contribution in [-0.4, -0.2) is 51.9 Å². The smallest absolute Gasteiger partial charge is 0.241 e. The van der Waals surface area contributed by atoms with E-state index in [-0.39, 0.29) is 18.0 Å². The maximum atomic E-state index is 12.4. The van der Waals surface area contributed by atoms with E-state index in [0.717, 1.165) is 4.90 Å². The molecule has 0 bridgehead atoms. The van der Waals surface area contributed by atoms with Gasteiger partial charge in [0.15, 0.2) is 0 Å². The van der Waals surface area contributed by atoms with Crippen molar-refractivity contribution in [3.8, 4) is 5.75 Å². The van der Waals surface area contributed by atoms with Crippen LogP contribution in [0.2, 0.25) is 0 Å². The summed E-state index contributed by atoms with van der Waals surface area (Å²) < 4.78 is 37.2. The SMILES string of the molecule is COc1ccc(S(=O)(=O)N[C@@H](C)C(=O)N(C)CC(=O)NCc2ccco2)cc1. The number of sulfonamides is 1. The van der Waals surface area contributed by atoms with Crippen molar-refractivity contribution in [2.45, 2.75) is 24.4 Å². The molecule has 28 heavy (non-hydrogen) atoms. The summed E-state index contributed by atoms with van der Waals surface area (Å²) in [6.07, 6.45) is 1.49. The second kappa shape index (κ2) is 9.38. The van der Waals surface area contributed by atoms with Crippen LogP contribution < -0.4 is 14.8 Å². The number of nitrogens with one attached hydrogen (secondary N) is 2. The lowest BCUT2D eigenvalue weighted by atomic mass is 10.3. The highest BCUT2D eigenvalue weighted by Crippen LogP contribution is 2.15. The monoisotopic (exact) mass is 409 g/mol. The molecule has 0 aliphatic heterocycles. The van der Waals surface area contributed by atoms with Crippen molar-refractivity contribution in [2.24, 2.45) is 0 Å². The molecule has 0 saturated carbocycles. The van der Waals surface area contributed by atoms with Gasteiger partial charge < -0.3 is 19.4 Å². The summed E-state index contributed by atoms with van der Waals surface area (Å²) in [4.78, 5) is 25.5. The van der Waals surface area contributed by atoms with Gasteiger partial charge in [-0.05, 0) is 43.3 Å². The van der Waals surface area contributed by atoms with Crippen molar-refractivity contribution in [3.63, 3.8) is 0 Å². The number of hydrogen-bond donors (Lipinski definition) is 2. The molecule has 2 amide bonds. The lowest BCUT2D eigenvalue weighted by Crippen LogP contribution is -2.48. The zero-order chi connectivity index (χ0) is 20.7. The first-order valence-corrected chi connectivity index (χ1v) is 9.91. The van der Waals surface area contributed by atoms with E-state index in [1.807, 2.05) is 0 Å². The Kier molecular flexibility index (Phi) is 7.18. The molecule has 0 aliphatic rings. The molecule has 10 heteroatoms. The number of nitrogens with zero attached hydrogens (tertiary/aromatic N) is 1. The first kappa shape index (κ1) is 21.5.